The molecule has 4 atom stereocenters. The minimum absolute atomic E-state index is 0.455. The van der Waals surface area contributed by atoms with Crippen LogP contribution in [0, 0.1) is 23.7 Å². The Labute approximate surface area is 97.1 Å². The number of carboxylic acid groups (broad SMARTS) is 1. The van der Waals surface area contributed by atoms with Gasteiger partial charge in [0.05, 0.1) is 0 Å². The third-order valence-electron chi connectivity index (χ3n) is 4.28. The predicted molar refractivity (Wildman–Crippen MR) is 63.1 cm³/mol. The lowest BCUT2D eigenvalue weighted by Gasteiger charge is -2.48. The molecule has 90 valence electrons. The summed E-state index contributed by atoms with van der Waals surface area (Å²) in [4.78, 5) is 13.3. The van der Waals surface area contributed by atoms with E-state index in [-0.39, 0.29) is 0 Å². The number of fused-ring (bicyclic) bond motifs is 2. The number of likely N-dealkylation sites (tertiary alicyclic amines) is 1. The maximum atomic E-state index is 10.9. The Kier molecular flexibility index (Phi) is 3.06. The van der Waals surface area contributed by atoms with Gasteiger partial charge in [0.15, 0.2) is 0 Å². The maximum absolute atomic E-state index is 10.9. The molecule has 1 saturated carbocycles. The van der Waals surface area contributed by atoms with Crippen LogP contribution >= 0.6 is 0 Å². The topological polar surface area (TPSA) is 40.5 Å². The molecule has 0 spiro atoms. The van der Waals surface area contributed by atoms with E-state index in [1.807, 2.05) is 0 Å². The van der Waals surface area contributed by atoms with E-state index < -0.39 is 5.97 Å². The van der Waals surface area contributed by atoms with Crippen molar-refractivity contribution in [3.8, 4) is 0 Å². The van der Waals surface area contributed by atoms with Crippen molar-refractivity contribution in [2.45, 2.75) is 20.3 Å². The van der Waals surface area contributed by atoms with Crippen molar-refractivity contribution >= 4 is 5.97 Å². The summed E-state index contributed by atoms with van der Waals surface area (Å²) in [7, 11) is 2.14. The van der Waals surface area contributed by atoms with Gasteiger partial charge in [-0.1, -0.05) is 19.4 Å². The van der Waals surface area contributed by atoms with Gasteiger partial charge in [-0.25, -0.2) is 4.79 Å². The highest BCUT2D eigenvalue weighted by atomic mass is 16.4. The van der Waals surface area contributed by atoms with Crippen LogP contribution in [0.25, 0.3) is 0 Å². The first-order valence-electron chi connectivity index (χ1n) is 6.12. The monoisotopic (exact) mass is 223 g/mol. The van der Waals surface area contributed by atoms with E-state index in [1.165, 1.54) is 18.1 Å². The number of carboxylic acids is 1. The molecule has 1 saturated heterocycles. The number of aliphatic carboxylic acids is 1. The third kappa shape index (κ3) is 2.01. The van der Waals surface area contributed by atoms with Crippen LogP contribution in [0.2, 0.25) is 0 Å². The summed E-state index contributed by atoms with van der Waals surface area (Å²) in [6.07, 6.45) is 2.72. The maximum Gasteiger partial charge on any atom is 0.328 e. The Bertz CT molecular complexity index is 304. The fourth-order valence-corrected chi connectivity index (χ4v) is 3.52. The van der Waals surface area contributed by atoms with Crippen LogP contribution in [0.15, 0.2) is 11.6 Å². The Balaban J connectivity index is 2.32. The van der Waals surface area contributed by atoms with Crippen LogP contribution in [0.1, 0.15) is 20.3 Å². The first-order chi connectivity index (χ1) is 7.49. The third-order valence-corrected chi connectivity index (χ3v) is 4.28. The minimum atomic E-state index is -0.782. The SMILES string of the molecule is C[C@@H]1C[C@@H](C)C2CN(C)CC1C2=CC(=O)O. The van der Waals surface area contributed by atoms with Crippen LogP contribution in [0.5, 0.6) is 0 Å². The lowest BCUT2D eigenvalue weighted by Crippen LogP contribution is -2.48. The highest BCUT2D eigenvalue weighted by Crippen LogP contribution is 2.45. The van der Waals surface area contributed by atoms with Crippen molar-refractivity contribution in [3.63, 3.8) is 0 Å². The van der Waals surface area contributed by atoms with Gasteiger partial charge in [-0.05, 0) is 37.1 Å². The van der Waals surface area contributed by atoms with Gasteiger partial charge in [0.1, 0.15) is 0 Å². The molecule has 2 fully saturated rings. The zero-order valence-corrected chi connectivity index (χ0v) is 10.3. The molecule has 1 aliphatic carbocycles. The van der Waals surface area contributed by atoms with Gasteiger partial charge in [0.2, 0.25) is 0 Å². The molecule has 0 aromatic carbocycles. The number of hydrogen-bond donors (Lipinski definition) is 1. The molecule has 1 aliphatic heterocycles. The van der Waals surface area contributed by atoms with Gasteiger partial charge in [-0.3, -0.25) is 0 Å². The van der Waals surface area contributed by atoms with Crippen molar-refractivity contribution in [1.29, 1.82) is 0 Å². The summed E-state index contributed by atoms with van der Waals surface area (Å²) in [5.74, 6) is 1.35. The average molecular weight is 223 g/mol. The molecule has 0 aromatic rings. The van der Waals surface area contributed by atoms with Gasteiger partial charge in [-0.2, -0.15) is 0 Å². The fourth-order valence-electron chi connectivity index (χ4n) is 3.52. The molecule has 2 bridgehead atoms. The smallest absolute Gasteiger partial charge is 0.328 e. The lowest BCUT2D eigenvalue weighted by atomic mass is 9.64. The molecular weight excluding hydrogens is 202 g/mol. The highest BCUT2D eigenvalue weighted by molar-refractivity contribution is 5.81. The van der Waals surface area contributed by atoms with Crippen LogP contribution in [0.4, 0.5) is 0 Å². The molecule has 3 nitrogen and oxygen atoms in total. The van der Waals surface area contributed by atoms with E-state index in [0.29, 0.717) is 23.7 Å². The van der Waals surface area contributed by atoms with E-state index >= 15 is 0 Å². The zero-order chi connectivity index (χ0) is 11.9. The normalized spacial score (nSPS) is 39.6. The highest BCUT2D eigenvalue weighted by Gasteiger charge is 2.41. The van der Waals surface area contributed by atoms with Crippen molar-refractivity contribution in [1.82, 2.24) is 4.90 Å². The number of piperidine rings is 1. The number of rotatable bonds is 1. The van der Waals surface area contributed by atoms with Crippen LogP contribution in [-0.2, 0) is 4.79 Å². The van der Waals surface area contributed by atoms with Gasteiger partial charge < -0.3 is 10.0 Å². The number of nitrogens with zero attached hydrogens (tertiary/aromatic N) is 1. The van der Waals surface area contributed by atoms with Gasteiger partial charge in [0, 0.05) is 19.2 Å². The zero-order valence-electron chi connectivity index (χ0n) is 10.3. The Morgan fingerprint density at radius 2 is 1.81 bits per heavy atom. The molecular formula is C13H21NO2. The summed E-state index contributed by atoms with van der Waals surface area (Å²) < 4.78 is 0. The molecule has 1 N–H and O–H groups in total. The van der Waals surface area contributed by atoms with Crippen LogP contribution in [0.3, 0.4) is 0 Å². The average Bonchev–Trinajstić information content (AvgIpc) is 2.16. The molecule has 3 heteroatoms. The van der Waals surface area contributed by atoms with E-state index in [2.05, 4.69) is 25.8 Å². The summed E-state index contributed by atoms with van der Waals surface area (Å²) in [6.45, 7) is 6.55. The summed E-state index contributed by atoms with van der Waals surface area (Å²) >= 11 is 0. The molecule has 0 radical (unpaired) electrons. The Morgan fingerprint density at radius 3 is 2.25 bits per heavy atom. The van der Waals surface area contributed by atoms with Crippen molar-refractivity contribution in [2.75, 3.05) is 20.1 Å². The van der Waals surface area contributed by atoms with Crippen molar-refractivity contribution in [3.05, 3.63) is 11.6 Å². The van der Waals surface area contributed by atoms with Crippen LogP contribution in [-0.4, -0.2) is 36.1 Å². The second kappa shape index (κ2) is 4.21. The Morgan fingerprint density at radius 1 is 1.31 bits per heavy atom. The predicted octanol–water partition coefficient (Wildman–Crippen LogP) is 1.85. The quantitative estimate of drug-likeness (QED) is 0.690. The molecule has 2 aliphatic rings. The largest absolute Gasteiger partial charge is 0.478 e. The first kappa shape index (κ1) is 11.6. The van der Waals surface area contributed by atoms with E-state index in [0.717, 1.165) is 13.1 Å². The van der Waals surface area contributed by atoms with E-state index in [1.54, 1.807) is 0 Å². The molecule has 2 unspecified atom stereocenters. The summed E-state index contributed by atoms with van der Waals surface area (Å²) in [5, 5.41) is 8.97. The summed E-state index contributed by atoms with van der Waals surface area (Å²) in [5.41, 5.74) is 1.19. The van der Waals surface area contributed by atoms with Crippen molar-refractivity contribution in [2.24, 2.45) is 23.7 Å². The molecule has 16 heavy (non-hydrogen) atoms. The fraction of sp³-hybridized carbons (Fsp3) is 0.769. The number of carbonyl (C=O) groups is 1. The molecule has 0 amide bonds. The molecule has 1 heterocycles. The summed E-state index contributed by atoms with van der Waals surface area (Å²) in [6, 6.07) is 0. The minimum Gasteiger partial charge on any atom is -0.478 e. The molecule has 2 rings (SSSR count). The van der Waals surface area contributed by atoms with Gasteiger partial charge in [0.25, 0.3) is 0 Å². The number of hydrogen-bond acceptors (Lipinski definition) is 2. The van der Waals surface area contributed by atoms with E-state index in [4.69, 9.17) is 5.11 Å². The second-order valence-corrected chi connectivity index (χ2v) is 5.61. The standard InChI is InChI=1S/C13H21NO2/c1-8-4-9(2)12-7-14(3)6-11(8)10(12)5-13(15)16/h5,8-9,11-12H,4,6-7H2,1-3H3,(H,15,16)/t8-,9-,11?,12?/m1/s1. The second-order valence-electron chi connectivity index (χ2n) is 5.61. The van der Waals surface area contributed by atoms with Crippen molar-refractivity contribution < 1.29 is 9.90 Å². The van der Waals surface area contributed by atoms with Crippen LogP contribution < -0.4 is 0 Å². The van der Waals surface area contributed by atoms with E-state index in [9.17, 15) is 4.79 Å². The first-order valence-corrected chi connectivity index (χ1v) is 6.12. The Hall–Kier alpha value is -0.830. The van der Waals surface area contributed by atoms with Gasteiger partial charge in [-0.15, -0.1) is 0 Å². The lowest BCUT2D eigenvalue weighted by molar-refractivity contribution is -0.131. The van der Waals surface area contributed by atoms with Gasteiger partial charge >= 0.3 is 5.97 Å². The molecule has 0 aromatic heterocycles.